The second kappa shape index (κ2) is 8.53. The lowest BCUT2D eigenvalue weighted by atomic mass is 10.1. The Bertz CT molecular complexity index is 758. The normalized spacial score (nSPS) is 10.4. The summed E-state index contributed by atoms with van der Waals surface area (Å²) < 4.78 is 0. The zero-order chi connectivity index (χ0) is 18.4. The van der Waals surface area contributed by atoms with Crippen molar-refractivity contribution in [1.29, 1.82) is 0 Å². The summed E-state index contributed by atoms with van der Waals surface area (Å²) in [6.45, 7) is 5.74. The number of hydrogen-bond acceptors (Lipinski definition) is 2. The van der Waals surface area contributed by atoms with Gasteiger partial charge in [0.2, 0.25) is 5.91 Å². The molecule has 25 heavy (non-hydrogen) atoms. The predicted octanol–water partition coefficient (Wildman–Crippen LogP) is 4.36. The lowest BCUT2D eigenvalue weighted by molar-refractivity contribution is -0.120. The Morgan fingerprint density at radius 2 is 1.60 bits per heavy atom. The van der Waals surface area contributed by atoms with Gasteiger partial charge in [-0.2, -0.15) is 0 Å². The van der Waals surface area contributed by atoms with Gasteiger partial charge in [-0.1, -0.05) is 29.8 Å². The van der Waals surface area contributed by atoms with E-state index < -0.39 is 0 Å². The Morgan fingerprint density at radius 3 is 2.20 bits per heavy atom. The number of carbonyl (C=O) groups excluding carboxylic acids is 2. The first-order chi connectivity index (χ1) is 11.8. The summed E-state index contributed by atoms with van der Waals surface area (Å²) in [6, 6.07) is 12.3. The highest BCUT2D eigenvalue weighted by atomic mass is 35.5. The van der Waals surface area contributed by atoms with E-state index >= 15 is 0 Å². The summed E-state index contributed by atoms with van der Waals surface area (Å²) in [4.78, 5) is 23.8. The monoisotopic (exact) mass is 359 g/mol. The van der Waals surface area contributed by atoms with Crippen molar-refractivity contribution in [3.8, 4) is 0 Å². The van der Waals surface area contributed by atoms with Gasteiger partial charge in [-0.15, -0.1) is 0 Å². The molecule has 0 aromatic heterocycles. The third kappa shape index (κ3) is 6.12. The van der Waals surface area contributed by atoms with Crippen LogP contribution in [-0.2, 0) is 11.2 Å². The molecule has 0 bridgehead atoms. The van der Waals surface area contributed by atoms with Crippen LogP contribution in [0.4, 0.5) is 16.2 Å². The molecule has 0 radical (unpaired) electrons. The van der Waals surface area contributed by atoms with E-state index in [1.165, 1.54) is 0 Å². The number of amides is 3. The molecule has 2 aromatic rings. The van der Waals surface area contributed by atoms with Gasteiger partial charge in [0.1, 0.15) is 0 Å². The maximum Gasteiger partial charge on any atom is 0.323 e. The average molecular weight is 360 g/mol. The van der Waals surface area contributed by atoms with Crippen molar-refractivity contribution in [2.45, 2.75) is 33.2 Å². The third-order valence-electron chi connectivity index (χ3n) is 3.46. The molecule has 0 saturated carbocycles. The van der Waals surface area contributed by atoms with Crippen LogP contribution in [0.2, 0.25) is 5.02 Å². The lowest BCUT2D eigenvalue weighted by Gasteiger charge is -2.10. The predicted molar refractivity (Wildman–Crippen MR) is 102 cm³/mol. The minimum atomic E-state index is -0.356. The van der Waals surface area contributed by atoms with Gasteiger partial charge in [-0.3, -0.25) is 4.79 Å². The largest absolute Gasteiger partial charge is 0.354 e. The van der Waals surface area contributed by atoms with Gasteiger partial charge in [0.05, 0.1) is 6.42 Å². The van der Waals surface area contributed by atoms with Crippen LogP contribution in [0.25, 0.3) is 0 Å². The van der Waals surface area contributed by atoms with Crippen LogP contribution < -0.4 is 16.0 Å². The van der Waals surface area contributed by atoms with Crippen LogP contribution in [0.1, 0.15) is 25.0 Å². The maximum absolute atomic E-state index is 12.0. The maximum atomic E-state index is 12.0. The molecule has 0 aliphatic carbocycles. The molecular formula is C19H22ClN3O2. The second-order valence-corrected chi connectivity index (χ2v) is 6.55. The quantitative estimate of drug-likeness (QED) is 0.742. The summed E-state index contributed by atoms with van der Waals surface area (Å²) in [5.41, 5.74) is 3.10. The van der Waals surface area contributed by atoms with E-state index in [0.717, 1.165) is 11.1 Å². The second-order valence-electron chi connectivity index (χ2n) is 6.14. The molecule has 0 aliphatic heterocycles. The standard InChI is InChI=1S/C19H22ClN3O2/c1-12(2)21-18(24)10-14-5-8-15(9-6-14)22-19(25)23-16-7-4-13(3)17(20)11-16/h4-9,11-12H,10H2,1-3H3,(H,21,24)(H2,22,23,25). The molecular weight excluding hydrogens is 338 g/mol. The number of halogens is 1. The Labute approximate surface area is 152 Å². The van der Waals surface area contributed by atoms with Crippen molar-refractivity contribution in [3.63, 3.8) is 0 Å². The van der Waals surface area contributed by atoms with Gasteiger partial charge in [-0.05, 0) is 56.2 Å². The van der Waals surface area contributed by atoms with Crippen molar-refractivity contribution in [2.24, 2.45) is 0 Å². The van der Waals surface area contributed by atoms with E-state index in [-0.39, 0.29) is 18.0 Å². The van der Waals surface area contributed by atoms with Gasteiger partial charge in [0.15, 0.2) is 0 Å². The lowest BCUT2D eigenvalue weighted by Crippen LogP contribution is -2.31. The molecule has 3 amide bonds. The van der Waals surface area contributed by atoms with Crippen LogP contribution in [0.5, 0.6) is 0 Å². The molecule has 0 unspecified atom stereocenters. The number of urea groups is 1. The molecule has 3 N–H and O–H groups in total. The first-order valence-electron chi connectivity index (χ1n) is 8.06. The Morgan fingerprint density at radius 1 is 1.00 bits per heavy atom. The summed E-state index contributed by atoms with van der Waals surface area (Å²) >= 11 is 6.04. The third-order valence-corrected chi connectivity index (χ3v) is 3.86. The van der Waals surface area contributed by atoms with E-state index in [9.17, 15) is 9.59 Å². The van der Waals surface area contributed by atoms with Gasteiger partial charge >= 0.3 is 6.03 Å². The van der Waals surface area contributed by atoms with Crippen molar-refractivity contribution in [1.82, 2.24) is 5.32 Å². The van der Waals surface area contributed by atoms with Gasteiger partial charge < -0.3 is 16.0 Å². The van der Waals surface area contributed by atoms with Crippen LogP contribution in [0.15, 0.2) is 42.5 Å². The van der Waals surface area contributed by atoms with Crippen LogP contribution in [0, 0.1) is 6.92 Å². The van der Waals surface area contributed by atoms with Gasteiger partial charge in [-0.25, -0.2) is 4.79 Å². The van der Waals surface area contributed by atoms with E-state index in [0.29, 0.717) is 22.8 Å². The van der Waals surface area contributed by atoms with E-state index in [4.69, 9.17) is 11.6 Å². The highest BCUT2D eigenvalue weighted by Gasteiger charge is 2.07. The van der Waals surface area contributed by atoms with E-state index in [1.807, 2.05) is 39.0 Å². The highest BCUT2D eigenvalue weighted by molar-refractivity contribution is 6.31. The number of hydrogen-bond donors (Lipinski definition) is 3. The average Bonchev–Trinajstić information content (AvgIpc) is 2.52. The number of anilines is 2. The minimum absolute atomic E-state index is 0.0234. The number of benzene rings is 2. The van der Waals surface area contributed by atoms with Crippen LogP contribution >= 0.6 is 11.6 Å². The highest BCUT2D eigenvalue weighted by Crippen LogP contribution is 2.20. The molecule has 0 atom stereocenters. The molecule has 0 heterocycles. The van der Waals surface area contributed by atoms with Crippen molar-refractivity contribution < 1.29 is 9.59 Å². The summed E-state index contributed by atoms with van der Waals surface area (Å²) in [5.74, 6) is -0.0234. The first kappa shape index (κ1) is 18.8. The molecule has 0 fully saturated rings. The molecule has 0 saturated heterocycles. The Kier molecular flexibility index (Phi) is 6.42. The number of carbonyl (C=O) groups is 2. The molecule has 0 spiro atoms. The zero-order valence-corrected chi connectivity index (χ0v) is 15.3. The summed E-state index contributed by atoms with van der Waals surface area (Å²) in [6.07, 6.45) is 0.312. The van der Waals surface area contributed by atoms with Crippen LogP contribution in [-0.4, -0.2) is 18.0 Å². The number of aryl methyl sites for hydroxylation is 1. The minimum Gasteiger partial charge on any atom is -0.354 e. The molecule has 2 rings (SSSR count). The Hall–Kier alpha value is -2.53. The fraction of sp³-hybridized carbons (Fsp3) is 0.263. The molecule has 2 aromatic carbocycles. The fourth-order valence-corrected chi connectivity index (χ4v) is 2.41. The first-order valence-corrected chi connectivity index (χ1v) is 8.44. The van der Waals surface area contributed by atoms with Crippen molar-refractivity contribution >= 4 is 34.9 Å². The number of rotatable bonds is 5. The smallest absolute Gasteiger partial charge is 0.323 e. The van der Waals surface area contributed by atoms with Gasteiger partial charge in [0.25, 0.3) is 0 Å². The molecule has 6 heteroatoms. The SMILES string of the molecule is Cc1ccc(NC(=O)Nc2ccc(CC(=O)NC(C)C)cc2)cc1Cl. The summed E-state index contributed by atoms with van der Waals surface area (Å²) in [7, 11) is 0. The van der Waals surface area contributed by atoms with Crippen molar-refractivity contribution in [2.75, 3.05) is 10.6 Å². The fourth-order valence-electron chi connectivity index (χ4n) is 2.23. The Balaban J connectivity index is 1.90. The number of nitrogens with one attached hydrogen (secondary N) is 3. The van der Waals surface area contributed by atoms with E-state index in [1.54, 1.807) is 24.3 Å². The van der Waals surface area contributed by atoms with Gasteiger partial charge in [0, 0.05) is 22.4 Å². The summed E-state index contributed by atoms with van der Waals surface area (Å²) in [5, 5.41) is 8.92. The molecule has 5 nitrogen and oxygen atoms in total. The van der Waals surface area contributed by atoms with Crippen LogP contribution in [0.3, 0.4) is 0 Å². The topological polar surface area (TPSA) is 70.2 Å². The van der Waals surface area contributed by atoms with E-state index in [2.05, 4.69) is 16.0 Å². The molecule has 132 valence electrons. The molecule has 0 aliphatic rings. The van der Waals surface area contributed by atoms with Crippen molar-refractivity contribution in [3.05, 3.63) is 58.6 Å². The zero-order valence-electron chi connectivity index (χ0n) is 14.5.